The number of fused-ring (bicyclic) bond motifs is 1. The van der Waals surface area contributed by atoms with Gasteiger partial charge in [-0.05, 0) is 51.0 Å². The van der Waals surface area contributed by atoms with Crippen molar-refractivity contribution in [3.05, 3.63) is 82.4 Å². The Morgan fingerprint density at radius 2 is 1.50 bits per heavy atom. The molecule has 0 aliphatic carbocycles. The van der Waals surface area contributed by atoms with Crippen LogP contribution in [-0.2, 0) is 36.2 Å². The van der Waals surface area contributed by atoms with Crippen molar-refractivity contribution >= 4 is 17.0 Å². The van der Waals surface area contributed by atoms with Crippen LogP contribution >= 0.6 is 0 Å². The lowest BCUT2D eigenvalue weighted by molar-refractivity contribution is -0.154. The molecule has 42 heavy (non-hydrogen) atoms. The second-order valence-electron chi connectivity index (χ2n) is 10.4. The number of carbonyl (C=O) groups excluding carboxylic acids is 1. The third kappa shape index (κ3) is 6.75. The van der Waals surface area contributed by atoms with Crippen LogP contribution < -0.4 is 14.2 Å². The Morgan fingerprint density at radius 3 is 2.14 bits per heavy atom. The number of carbonyl (C=O) groups is 1. The molecule has 0 unspecified atom stereocenters. The number of esters is 1. The van der Waals surface area contributed by atoms with Crippen molar-refractivity contribution in [1.82, 2.24) is 9.55 Å². The number of halogens is 5. The van der Waals surface area contributed by atoms with Gasteiger partial charge in [0.05, 0.1) is 23.7 Å². The third-order valence-corrected chi connectivity index (χ3v) is 6.28. The number of methoxy groups -OCH3 is 1. The first-order valence-corrected chi connectivity index (χ1v) is 12.9. The van der Waals surface area contributed by atoms with Gasteiger partial charge in [-0.1, -0.05) is 6.07 Å². The van der Waals surface area contributed by atoms with E-state index in [1.54, 1.807) is 46.1 Å². The van der Waals surface area contributed by atoms with Crippen LogP contribution in [0.5, 0.6) is 17.2 Å². The van der Waals surface area contributed by atoms with E-state index in [0.29, 0.717) is 17.1 Å². The van der Waals surface area contributed by atoms with E-state index < -0.39 is 52.8 Å². The van der Waals surface area contributed by atoms with Gasteiger partial charge in [0.25, 0.3) is 0 Å². The lowest BCUT2D eigenvalue weighted by Crippen LogP contribution is -2.24. The predicted molar refractivity (Wildman–Crippen MR) is 143 cm³/mol. The summed E-state index contributed by atoms with van der Waals surface area (Å²) in [6, 6.07) is 10.0. The molecular weight excluding hydrogens is 563 g/mol. The van der Waals surface area contributed by atoms with Crippen molar-refractivity contribution in [1.29, 1.82) is 0 Å². The van der Waals surface area contributed by atoms with E-state index in [1.807, 2.05) is 23.7 Å². The summed E-state index contributed by atoms with van der Waals surface area (Å²) in [7, 11) is 3.37. The van der Waals surface area contributed by atoms with Crippen LogP contribution in [0.4, 0.5) is 22.0 Å². The largest absolute Gasteiger partial charge is 0.497 e. The highest BCUT2D eigenvalue weighted by atomic mass is 19.2. The number of imidazole rings is 1. The molecule has 4 aromatic rings. The molecule has 12 heteroatoms. The Kier molecular flexibility index (Phi) is 8.93. The molecule has 1 aromatic heterocycles. The third-order valence-electron chi connectivity index (χ3n) is 6.28. The molecule has 7 nitrogen and oxygen atoms in total. The van der Waals surface area contributed by atoms with E-state index in [9.17, 15) is 26.7 Å². The van der Waals surface area contributed by atoms with Gasteiger partial charge in [-0.2, -0.15) is 0 Å². The number of benzene rings is 3. The minimum atomic E-state index is -2.26. The lowest BCUT2D eigenvalue weighted by Gasteiger charge is -2.20. The van der Waals surface area contributed by atoms with Crippen molar-refractivity contribution < 1.29 is 45.7 Å². The van der Waals surface area contributed by atoms with Gasteiger partial charge in [-0.3, -0.25) is 4.79 Å². The fourth-order valence-electron chi connectivity index (χ4n) is 4.15. The Bertz CT molecular complexity index is 1600. The van der Waals surface area contributed by atoms with Gasteiger partial charge in [-0.15, -0.1) is 0 Å². The number of rotatable bonds is 10. The summed E-state index contributed by atoms with van der Waals surface area (Å²) >= 11 is 0. The molecule has 3 aromatic carbocycles. The summed E-state index contributed by atoms with van der Waals surface area (Å²) < 4.78 is 93.4. The van der Waals surface area contributed by atoms with Gasteiger partial charge in [-0.25, -0.2) is 26.9 Å². The Morgan fingerprint density at radius 1 is 0.857 bits per heavy atom. The monoisotopic (exact) mass is 592 g/mol. The van der Waals surface area contributed by atoms with Crippen molar-refractivity contribution in [3.8, 4) is 17.2 Å². The van der Waals surface area contributed by atoms with Crippen LogP contribution in [-0.4, -0.2) is 28.2 Å². The molecule has 4 rings (SSSR count). The summed E-state index contributed by atoms with van der Waals surface area (Å²) in [4.78, 5) is 16.8. The Hall–Kier alpha value is -4.35. The average Bonchev–Trinajstić information content (AvgIpc) is 3.26. The standard InChI is InChI=1S/C30H29F5N2O5/c1-30(2,3)42-24(38)11-7-16-6-8-18(40-15-23-36-20-10-9-17(39-5)12-21(20)37(23)4)13-22(16)41-14-19-25(31)27(33)29(35)28(34)26(19)32/h6,8-10,12-13H,7,11,14-15H2,1-5H3. The Balaban J connectivity index is 1.58. The van der Waals surface area contributed by atoms with Crippen molar-refractivity contribution in [3.63, 3.8) is 0 Å². The van der Waals surface area contributed by atoms with Crippen LogP contribution in [0.25, 0.3) is 11.0 Å². The fraction of sp³-hybridized carbons (Fsp3) is 0.333. The van der Waals surface area contributed by atoms with Crippen LogP contribution in [0, 0.1) is 29.1 Å². The quantitative estimate of drug-likeness (QED) is 0.0883. The highest BCUT2D eigenvalue weighted by Gasteiger charge is 2.26. The number of aromatic nitrogens is 2. The molecule has 0 N–H and O–H groups in total. The summed E-state index contributed by atoms with van der Waals surface area (Å²) in [5.41, 5.74) is 0.122. The first-order chi connectivity index (χ1) is 19.8. The van der Waals surface area contributed by atoms with Gasteiger partial charge in [0.15, 0.2) is 23.3 Å². The highest BCUT2D eigenvalue weighted by Crippen LogP contribution is 2.30. The molecule has 1 heterocycles. The van der Waals surface area contributed by atoms with Crippen LogP contribution in [0.3, 0.4) is 0 Å². The Labute approximate surface area is 238 Å². The minimum absolute atomic E-state index is 0.0229. The number of nitrogens with zero attached hydrogens (tertiary/aromatic N) is 2. The molecule has 0 saturated carbocycles. The van der Waals surface area contributed by atoms with Crippen LogP contribution in [0.1, 0.15) is 44.1 Å². The zero-order chi connectivity index (χ0) is 30.8. The van der Waals surface area contributed by atoms with Gasteiger partial charge in [0.2, 0.25) is 5.82 Å². The minimum Gasteiger partial charge on any atom is -0.497 e. The maximum Gasteiger partial charge on any atom is 0.306 e. The maximum atomic E-state index is 14.3. The van der Waals surface area contributed by atoms with Crippen LogP contribution in [0.2, 0.25) is 0 Å². The highest BCUT2D eigenvalue weighted by molar-refractivity contribution is 5.77. The van der Waals surface area contributed by atoms with Crippen LogP contribution in [0.15, 0.2) is 36.4 Å². The summed E-state index contributed by atoms with van der Waals surface area (Å²) in [6.45, 7) is 4.22. The number of hydrogen-bond acceptors (Lipinski definition) is 6. The topological polar surface area (TPSA) is 71.8 Å². The SMILES string of the molecule is COc1ccc2nc(COc3ccc(CCC(=O)OC(C)(C)C)c(OCc4c(F)c(F)c(F)c(F)c4F)c3)n(C)c2c1. The number of ether oxygens (including phenoxy) is 4. The molecule has 0 bridgehead atoms. The molecule has 0 atom stereocenters. The van der Waals surface area contributed by atoms with Crippen molar-refractivity contribution in [2.75, 3.05) is 7.11 Å². The normalized spacial score (nSPS) is 11.6. The van der Waals surface area contributed by atoms with Crippen molar-refractivity contribution in [2.24, 2.45) is 7.05 Å². The fourth-order valence-corrected chi connectivity index (χ4v) is 4.15. The maximum absolute atomic E-state index is 14.3. The van der Waals surface area contributed by atoms with E-state index in [2.05, 4.69) is 4.98 Å². The zero-order valence-electron chi connectivity index (χ0n) is 23.6. The van der Waals surface area contributed by atoms with E-state index in [0.717, 1.165) is 11.0 Å². The number of hydrogen-bond donors (Lipinski definition) is 0. The van der Waals surface area contributed by atoms with Crippen molar-refractivity contribution in [2.45, 2.75) is 52.4 Å². The van der Waals surface area contributed by atoms with E-state index >= 15 is 0 Å². The molecule has 0 fully saturated rings. The first kappa shape index (κ1) is 30.6. The molecule has 0 radical (unpaired) electrons. The van der Waals surface area contributed by atoms with Gasteiger partial charge in [0.1, 0.15) is 41.9 Å². The molecule has 0 spiro atoms. The van der Waals surface area contributed by atoms with Gasteiger partial charge >= 0.3 is 5.97 Å². The van der Waals surface area contributed by atoms with E-state index in [1.165, 1.54) is 6.07 Å². The van der Waals surface area contributed by atoms with Gasteiger partial charge in [0, 0.05) is 25.6 Å². The second kappa shape index (κ2) is 12.3. The average molecular weight is 593 g/mol. The summed E-state index contributed by atoms with van der Waals surface area (Å²) in [6.07, 6.45) is 0.0495. The number of aryl methyl sites for hydroxylation is 2. The molecular formula is C30H29F5N2O5. The molecule has 0 saturated heterocycles. The second-order valence-corrected chi connectivity index (χ2v) is 10.4. The lowest BCUT2D eigenvalue weighted by atomic mass is 10.1. The summed E-state index contributed by atoms with van der Waals surface area (Å²) in [5.74, 6) is -9.35. The molecule has 224 valence electrons. The molecule has 0 aliphatic heterocycles. The predicted octanol–water partition coefficient (Wildman–Crippen LogP) is 6.71. The van der Waals surface area contributed by atoms with E-state index in [4.69, 9.17) is 18.9 Å². The van der Waals surface area contributed by atoms with E-state index in [-0.39, 0.29) is 30.9 Å². The van der Waals surface area contributed by atoms with Gasteiger partial charge < -0.3 is 23.5 Å². The smallest absolute Gasteiger partial charge is 0.306 e. The molecule has 0 aliphatic rings. The zero-order valence-corrected chi connectivity index (χ0v) is 23.6. The first-order valence-electron chi connectivity index (χ1n) is 12.9. The molecule has 0 amide bonds. The summed E-state index contributed by atoms with van der Waals surface area (Å²) in [5, 5.41) is 0.